The van der Waals surface area contributed by atoms with Crippen molar-refractivity contribution >= 4 is 0 Å². The molecule has 1 N–H and O–H groups in total. The molecule has 2 unspecified atom stereocenters. The van der Waals surface area contributed by atoms with Crippen molar-refractivity contribution in [3.8, 4) is 5.75 Å². The Morgan fingerprint density at radius 3 is 3.00 bits per heavy atom. The summed E-state index contributed by atoms with van der Waals surface area (Å²) in [5, 5.41) is 3.69. The molecule has 0 radical (unpaired) electrons. The van der Waals surface area contributed by atoms with Gasteiger partial charge in [-0.1, -0.05) is 25.1 Å². The average molecular weight is 275 g/mol. The van der Waals surface area contributed by atoms with E-state index in [1.54, 1.807) is 0 Å². The van der Waals surface area contributed by atoms with E-state index in [9.17, 15) is 0 Å². The number of fused-ring (bicyclic) bond motifs is 1. The molecule has 1 saturated heterocycles. The van der Waals surface area contributed by atoms with Gasteiger partial charge in [0, 0.05) is 18.6 Å². The molecule has 1 aromatic carbocycles. The van der Waals surface area contributed by atoms with Gasteiger partial charge >= 0.3 is 0 Å². The Balaban J connectivity index is 1.95. The molecule has 3 heteroatoms. The van der Waals surface area contributed by atoms with E-state index in [2.05, 4.69) is 37.4 Å². The first-order valence-corrected chi connectivity index (χ1v) is 7.86. The maximum atomic E-state index is 6.10. The number of hydrogen-bond donors (Lipinski definition) is 1. The third-order valence-electron chi connectivity index (χ3n) is 4.51. The molecule has 3 nitrogen and oxygen atoms in total. The molecule has 20 heavy (non-hydrogen) atoms. The molecule has 1 aromatic rings. The minimum Gasteiger partial charge on any atom is -0.493 e. The fourth-order valence-electron chi connectivity index (χ4n) is 3.44. The average Bonchev–Trinajstić information content (AvgIpc) is 3.08. The van der Waals surface area contributed by atoms with Crippen molar-refractivity contribution in [3.63, 3.8) is 0 Å². The SMILES string of the molecule is CCCNC(c1cccc2c1OCC2)C1(C)CCCO1. The quantitative estimate of drug-likeness (QED) is 0.895. The summed E-state index contributed by atoms with van der Waals surface area (Å²) in [6.07, 6.45) is 4.42. The summed E-state index contributed by atoms with van der Waals surface area (Å²) in [6, 6.07) is 6.75. The van der Waals surface area contributed by atoms with Gasteiger partial charge in [-0.3, -0.25) is 0 Å². The van der Waals surface area contributed by atoms with Gasteiger partial charge in [-0.2, -0.15) is 0 Å². The minimum absolute atomic E-state index is 0.115. The summed E-state index contributed by atoms with van der Waals surface area (Å²) in [7, 11) is 0. The van der Waals surface area contributed by atoms with E-state index in [4.69, 9.17) is 9.47 Å². The van der Waals surface area contributed by atoms with E-state index in [1.807, 2.05) is 0 Å². The van der Waals surface area contributed by atoms with Crippen molar-refractivity contribution in [3.05, 3.63) is 29.3 Å². The summed E-state index contributed by atoms with van der Waals surface area (Å²) in [5.41, 5.74) is 2.50. The van der Waals surface area contributed by atoms with Crippen molar-refractivity contribution in [1.29, 1.82) is 0 Å². The van der Waals surface area contributed by atoms with E-state index in [1.165, 1.54) is 11.1 Å². The van der Waals surface area contributed by atoms with Crippen LogP contribution in [0.15, 0.2) is 18.2 Å². The monoisotopic (exact) mass is 275 g/mol. The van der Waals surface area contributed by atoms with Crippen LogP contribution in [0, 0.1) is 0 Å². The molecule has 2 aliphatic rings. The third-order valence-corrected chi connectivity index (χ3v) is 4.51. The molecule has 2 atom stereocenters. The Bertz CT molecular complexity index is 466. The Morgan fingerprint density at radius 1 is 1.35 bits per heavy atom. The lowest BCUT2D eigenvalue weighted by molar-refractivity contribution is -0.0130. The van der Waals surface area contributed by atoms with Gasteiger partial charge in [-0.25, -0.2) is 0 Å². The molecule has 0 aromatic heterocycles. The molecular weight excluding hydrogens is 250 g/mol. The van der Waals surface area contributed by atoms with Gasteiger partial charge in [0.2, 0.25) is 0 Å². The van der Waals surface area contributed by atoms with Crippen LogP contribution in [-0.4, -0.2) is 25.4 Å². The summed E-state index contributed by atoms with van der Waals surface area (Å²) < 4.78 is 12.0. The van der Waals surface area contributed by atoms with E-state index in [-0.39, 0.29) is 11.6 Å². The van der Waals surface area contributed by atoms with Crippen LogP contribution in [0.4, 0.5) is 0 Å². The summed E-state index contributed by atoms with van der Waals surface area (Å²) in [5.74, 6) is 1.10. The Labute approximate surface area is 121 Å². The van der Waals surface area contributed by atoms with Crippen LogP contribution in [0.5, 0.6) is 5.75 Å². The largest absolute Gasteiger partial charge is 0.493 e. The van der Waals surface area contributed by atoms with Crippen LogP contribution in [0.3, 0.4) is 0 Å². The first kappa shape index (κ1) is 13.9. The van der Waals surface area contributed by atoms with E-state index >= 15 is 0 Å². The predicted octanol–water partition coefficient (Wildman–Crippen LogP) is 3.23. The molecule has 1 fully saturated rings. The van der Waals surface area contributed by atoms with Crippen molar-refractivity contribution in [1.82, 2.24) is 5.32 Å². The number of rotatable bonds is 5. The van der Waals surface area contributed by atoms with E-state index in [0.717, 1.165) is 51.2 Å². The van der Waals surface area contributed by atoms with Crippen LogP contribution in [-0.2, 0) is 11.2 Å². The molecule has 3 rings (SSSR count). The van der Waals surface area contributed by atoms with Gasteiger partial charge in [-0.15, -0.1) is 0 Å². The highest BCUT2D eigenvalue weighted by Gasteiger charge is 2.40. The van der Waals surface area contributed by atoms with Crippen LogP contribution < -0.4 is 10.1 Å². The van der Waals surface area contributed by atoms with Crippen molar-refractivity contribution in [2.75, 3.05) is 19.8 Å². The molecule has 2 heterocycles. The fourth-order valence-corrected chi connectivity index (χ4v) is 3.44. The topological polar surface area (TPSA) is 30.5 Å². The highest BCUT2D eigenvalue weighted by atomic mass is 16.5. The zero-order valence-corrected chi connectivity index (χ0v) is 12.6. The van der Waals surface area contributed by atoms with Crippen LogP contribution in [0.2, 0.25) is 0 Å². The van der Waals surface area contributed by atoms with E-state index < -0.39 is 0 Å². The summed E-state index contributed by atoms with van der Waals surface area (Å²) in [4.78, 5) is 0. The lowest BCUT2D eigenvalue weighted by Gasteiger charge is -2.35. The lowest BCUT2D eigenvalue weighted by atomic mass is 9.86. The molecule has 0 amide bonds. The Morgan fingerprint density at radius 2 is 2.25 bits per heavy atom. The minimum atomic E-state index is -0.115. The summed E-state index contributed by atoms with van der Waals surface area (Å²) >= 11 is 0. The smallest absolute Gasteiger partial charge is 0.127 e. The standard InChI is InChI=1S/C17H25NO2/c1-3-10-18-16(17(2)9-5-11-20-17)14-7-4-6-13-8-12-19-15(13)14/h4,6-7,16,18H,3,5,8-12H2,1-2H3. The number of hydrogen-bond acceptors (Lipinski definition) is 3. The molecule has 0 spiro atoms. The van der Waals surface area contributed by atoms with Crippen LogP contribution >= 0.6 is 0 Å². The van der Waals surface area contributed by atoms with Gasteiger partial charge in [-0.05, 0) is 38.3 Å². The highest BCUT2D eigenvalue weighted by molar-refractivity contribution is 5.46. The van der Waals surface area contributed by atoms with Gasteiger partial charge in [0.15, 0.2) is 0 Å². The zero-order valence-electron chi connectivity index (χ0n) is 12.6. The fraction of sp³-hybridized carbons (Fsp3) is 0.647. The number of nitrogens with one attached hydrogen (secondary N) is 1. The molecule has 0 aliphatic carbocycles. The number of ether oxygens (including phenoxy) is 2. The first-order valence-electron chi connectivity index (χ1n) is 7.86. The second-order valence-corrected chi connectivity index (χ2v) is 6.09. The Kier molecular flexibility index (Phi) is 3.99. The molecule has 0 bridgehead atoms. The second kappa shape index (κ2) is 5.74. The van der Waals surface area contributed by atoms with Gasteiger partial charge in [0.25, 0.3) is 0 Å². The number of benzene rings is 1. The zero-order chi connectivity index (χ0) is 14.0. The molecule has 110 valence electrons. The first-order chi connectivity index (χ1) is 9.74. The predicted molar refractivity (Wildman–Crippen MR) is 80.3 cm³/mol. The highest BCUT2D eigenvalue weighted by Crippen LogP contribution is 2.42. The third kappa shape index (κ3) is 2.45. The lowest BCUT2D eigenvalue weighted by Crippen LogP contribution is -2.41. The normalized spacial score (nSPS) is 26.3. The van der Waals surface area contributed by atoms with Gasteiger partial charge in [0.05, 0.1) is 18.2 Å². The van der Waals surface area contributed by atoms with Crippen molar-refractivity contribution in [2.45, 2.75) is 51.2 Å². The second-order valence-electron chi connectivity index (χ2n) is 6.09. The number of para-hydroxylation sites is 1. The molecular formula is C17H25NO2. The van der Waals surface area contributed by atoms with Gasteiger partial charge < -0.3 is 14.8 Å². The van der Waals surface area contributed by atoms with Crippen molar-refractivity contribution < 1.29 is 9.47 Å². The Hall–Kier alpha value is -1.06. The maximum absolute atomic E-state index is 6.10. The van der Waals surface area contributed by atoms with Crippen LogP contribution in [0.1, 0.15) is 50.3 Å². The maximum Gasteiger partial charge on any atom is 0.127 e. The van der Waals surface area contributed by atoms with E-state index in [0.29, 0.717) is 0 Å². The van der Waals surface area contributed by atoms with Crippen molar-refractivity contribution in [2.24, 2.45) is 0 Å². The molecule has 0 saturated carbocycles. The molecule has 2 aliphatic heterocycles. The summed E-state index contributed by atoms with van der Waals surface area (Å²) in [6.45, 7) is 7.13. The van der Waals surface area contributed by atoms with Crippen LogP contribution in [0.25, 0.3) is 0 Å². The van der Waals surface area contributed by atoms with Gasteiger partial charge in [0.1, 0.15) is 5.75 Å².